The zero-order valence-electron chi connectivity index (χ0n) is 12.6. The molecule has 0 aromatic rings. The van der Waals surface area contributed by atoms with Crippen LogP contribution in [0.5, 0.6) is 0 Å². The van der Waals surface area contributed by atoms with Gasteiger partial charge in [0, 0.05) is 12.6 Å². The van der Waals surface area contributed by atoms with Crippen molar-refractivity contribution in [3.05, 3.63) is 0 Å². The van der Waals surface area contributed by atoms with Gasteiger partial charge in [-0.15, -0.1) is 0 Å². The molecule has 19 heavy (non-hydrogen) atoms. The lowest BCUT2D eigenvalue weighted by molar-refractivity contribution is 0.147. The maximum absolute atomic E-state index is 9.72. The van der Waals surface area contributed by atoms with E-state index in [1.165, 1.54) is 44.9 Å². The van der Waals surface area contributed by atoms with Crippen LogP contribution >= 0.6 is 0 Å². The molecule has 3 heteroatoms. The van der Waals surface area contributed by atoms with E-state index >= 15 is 0 Å². The minimum absolute atomic E-state index is 0.289. The molecule has 2 aliphatic carbocycles. The molecule has 0 saturated heterocycles. The number of hydrogen-bond donors (Lipinski definition) is 1. The summed E-state index contributed by atoms with van der Waals surface area (Å²) < 4.78 is 0. The van der Waals surface area contributed by atoms with E-state index in [0.717, 1.165) is 19.5 Å². The van der Waals surface area contributed by atoms with Gasteiger partial charge in [-0.1, -0.05) is 26.2 Å². The molecule has 0 bridgehead atoms. The predicted octanol–water partition coefficient (Wildman–Crippen LogP) is 2.92. The number of nitrogens with one attached hydrogen (secondary N) is 1. The molecule has 0 heterocycles. The Morgan fingerprint density at radius 1 is 1.21 bits per heavy atom. The van der Waals surface area contributed by atoms with Crippen molar-refractivity contribution in [2.75, 3.05) is 20.1 Å². The first-order valence-corrected chi connectivity index (χ1v) is 8.08. The van der Waals surface area contributed by atoms with Gasteiger partial charge < -0.3 is 4.90 Å². The van der Waals surface area contributed by atoms with Crippen LogP contribution in [0.2, 0.25) is 0 Å². The van der Waals surface area contributed by atoms with Crippen molar-refractivity contribution in [3.63, 3.8) is 0 Å². The summed E-state index contributed by atoms with van der Waals surface area (Å²) in [6.45, 7) is 4.04. The van der Waals surface area contributed by atoms with Crippen molar-refractivity contribution in [1.29, 1.82) is 5.26 Å². The fraction of sp³-hybridized carbons (Fsp3) is 0.938. The fourth-order valence-corrected chi connectivity index (χ4v) is 3.46. The second kappa shape index (κ2) is 6.72. The summed E-state index contributed by atoms with van der Waals surface area (Å²) in [6, 6.07) is 3.33. The van der Waals surface area contributed by atoms with E-state index in [-0.39, 0.29) is 5.54 Å². The lowest BCUT2D eigenvalue weighted by Crippen LogP contribution is -2.55. The van der Waals surface area contributed by atoms with Crippen molar-refractivity contribution in [1.82, 2.24) is 10.2 Å². The monoisotopic (exact) mass is 263 g/mol. The van der Waals surface area contributed by atoms with Crippen LogP contribution in [0.1, 0.15) is 58.3 Å². The van der Waals surface area contributed by atoms with Crippen LogP contribution in [0.4, 0.5) is 0 Å². The van der Waals surface area contributed by atoms with Crippen LogP contribution in [0.15, 0.2) is 0 Å². The Balaban J connectivity index is 1.96. The van der Waals surface area contributed by atoms with E-state index in [9.17, 15) is 5.26 Å². The van der Waals surface area contributed by atoms with Gasteiger partial charge in [0.1, 0.15) is 5.54 Å². The molecule has 1 atom stereocenters. The molecule has 0 radical (unpaired) electrons. The smallest absolute Gasteiger partial charge is 0.122 e. The van der Waals surface area contributed by atoms with Gasteiger partial charge in [0.05, 0.1) is 6.07 Å². The predicted molar refractivity (Wildman–Crippen MR) is 78.9 cm³/mol. The van der Waals surface area contributed by atoms with Crippen molar-refractivity contribution in [2.24, 2.45) is 5.92 Å². The maximum atomic E-state index is 9.72. The normalized spacial score (nSPS) is 24.1. The third-order valence-electron chi connectivity index (χ3n) is 4.86. The molecule has 2 aliphatic rings. The lowest BCUT2D eigenvalue weighted by Gasteiger charge is -2.38. The number of nitriles is 1. The molecule has 0 aliphatic heterocycles. The van der Waals surface area contributed by atoms with Gasteiger partial charge in [0.15, 0.2) is 0 Å². The SMILES string of the molecule is CCCNC(C#N)(CN(C)C1CCCCC1)C1CC1. The number of hydrogen-bond acceptors (Lipinski definition) is 3. The van der Waals surface area contributed by atoms with Crippen LogP contribution < -0.4 is 5.32 Å². The van der Waals surface area contributed by atoms with Gasteiger partial charge in [-0.05, 0) is 51.6 Å². The van der Waals surface area contributed by atoms with Crippen LogP contribution in [-0.4, -0.2) is 36.6 Å². The van der Waals surface area contributed by atoms with Gasteiger partial charge in [0.2, 0.25) is 0 Å². The molecule has 2 fully saturated rings. The maximum Gasteiger partial charge on any atom is 0.122 e. The van der Waals surface area contributed by atoms with E-state index in [2.05, 4.69) is 30.3 Å². The molecular weight excluding hydrogens is 234 g/mol. The Bertz CT molecular complexity index is 312. The second-order valence-electron chi connectivity index (χ2n) is 6.49. The quantitative estimate of drug-likeness (QED) is 0.767. The zero-order valence-corrected chi connectivity index (χ0v) is 12.6. The van der Waals surface area contributed by atoms with Crippen molar-refractivity contribution in [2.45, 2.75) is 69.9 Å². The minimum atomic E-state index is -0.289. The topological polar surface area (TPSA) is 39.1 Å². The second-order valence-corrected chi connectivity index (χ2v) is 6.49. The van der Waals surface area contributed by atoms with Crippen molar-refractivity contribution < 1.29 is 0 Å². The molecule has 108 valence electrons. The molecule has 1 unspecified atom stereocenters. The Hall–Kier alpha value is -0.590. The highest BCUT2D eigenvalue weighted by molar-refractivity contribution is 5.16. The Kier molecular flexibility index (Phi) is 5.24. The standard InChI is InChI=1S/C16H29N3/c1-3-11-18-16(12-17,14-9-10-14)13-19(2)15-7-5-4-6-8-15/h14-15,18H,3-11,13H2,1-2H3. The van der Waals surface area contributed by atoms with Crippen LogP contribution in [0, 0.1) is 17.2 Å². The number of rotatable bonds is 7. The summed E-state index contributed by atoms with van der Waals surface area (Å²) in [5.41, 5.74) is -0.289. The molecule has 3 nitrogen and oxygen atoms in total. The number of nitrogens with zero attached hydrogens (tertiary/aromatic N) is 2. The first-order chi connectivity index (χ1) is 9.22. The molecular formula is C16H29N3. The van der Waals surface area contributed by atoms with E-state index in [1.807, 2.05) is 0 Å². The molecule has 2 saturated carbocycles. The molecule has 1 N–H and O–H groups in total. The molecule has 2 rings (SSSR count). The molecule has 0 amide bonds. The minimum Gasteiger partial charge on any atom is -0.301 e. The summed E-state index contributed by atoms with van der Waals surface area (Å²) in [5, 5.41) is 13.3. The third-order valence-corrected chi connectivity index (χ3v) is 4.86. The van der Waals surface area contributed by atoms with E-state index in [4.69, 9.17) is 0 Å². The molecule has 0 aromatic carbocycles. The van der Waals surface area contributed by atoms with Gasteiger partial charge in [-0.3, -0.25) is 5.32 Å². The first kappa shape index (κ1) is 14.8. The van der Waals surface area contributed by atoms with Crippen LogP contribution in [-0.2, 0) is 0 Å². The Morgan fingerprint density at radius 3 is 2.42 bits per heavy atom. The highest BCUT2D eigenvalue weighted by Gasteiger charge is 2.46. The lowest BCUT2D eigenvalue weighted by atomic mass is 9.90. The van der Waals surface area contributed by atoms with E-state index in [1.54, 1.807) is 0 Å². The fourth-order valence-electron chi connectivity index (χ4n) is 3.46. The van der Waals surface area contributed by atoms with Gasteiger partial charge in [-0.2, -0.15) is 5.26 Å². The number of likely N-dealkylation sites (N-methyl/N-ethyl adjacent to an activating group) is 1. The highest BCUT2D eigenvalue weighted by atomic mass is 15.2. The molecule has 0 aromatic heterocycles. The highest BCUT2D eigenvalue weighted by Crippen LogP contribution is 2.40. The van der Waals surface area contributed by atoms with Crippen molar-refractivity contribution >= 4 is 0 Å². The van der Waals surface area contributed by atoms with E-state index < -0.39 is 0 Å². The van der Waals surface area contributed by atoms with Gasteiger partial charge >= 0.3 is 0 Å². The zero-order chi connectivity index (χ0) is 13.7. The average molecular weight is 263 g/mol. The summed E-state index contributed by atoms with van der Waals surface area (Å²) in [6.07, 6.45) is 10.3. The third kappa shape index (κ3) is 3.70. The largest absolute Gasteiger partial charge is 0.301 e. The summed E-state index contributed by atoms with van der Waals surface area (Å²) in [4.78, 5) is 2.46. The molecule has 0 spiro atoms. The Labute approximate surface area is 118 Å². The Morgan fingerprint density at radius 2 is 1.89 bits per heavy atom. The van der Waals surface area contributed by atoms with Gasteiger partial charge in [-0.25, -0.2) is 0 Å². The van der Waals surface area contributed by atoms with E-state index in [0.29, 0.717) is 12.0 Å². The summed E-state index contributed by atoms with van der Waals surface area (Å²) in [5.74, 6) is 0.579. The van der Waals surface area contributed by atoms with Crippen molar-refractivity contribution in [3.8, 4) is 6.07 Å². The average Bonchev–Trinajstić information content (AvgIpc) is 3.29. The summed E-state index contributed by atoms with van der Waals surface area (Å²) in [7, 11) is 2.22. The van der Waals surface area contributed by atoms with Crippen LogP contribution in [0.3, 0.4) is 0 Å². The van der Waals surface area contributed by atoms with Gasteiger partial charge in [0.25, 0.3) is 0 Å². The van der Waals surface area contributed by atoms with Crippen LogP contribution in [0.25, 0.3) is 0 Å². The first-order valence-electron chi connectivity index (χ1n) is 8.08. The summed E-state index contributed by atoms with van der Waals surface area (Å²) >= 11 is 0.